The smallest absolute Gasteiger partial charge is 0.229 e. The molecule has 0 amide bonds. The van der Waals surface area contributed by atoms with Gasteiger partial charge in [-0.05, 0) is 44.2 Å². The third-order valence-corrected chi connectivity index (χ3v) is 3.00. The van der Waals surface area contributed by atoms with Gasteiger partial charge in [-0.25, -0.2) is 4.98 Å². The van der Waals surface area contributed by atoms with Crippen LogP contribution in [0.25, 0.3) is 0 Å². The van der Waals surface area contributed by atoms with Gasteiger partial charge in [-0.1, -0.05) is 0 Å². The van der Waals surface area contributed by atoms with Crippen LogP contribution in [0.3, 0.4) is 0 Å². The molecule has 0 radical (unpaired) electrons. The minimum absolute atomic E-state index is 0.555. The first-order valence-electron chi connectivity index (χ1n) is 6.62. The van der Waals surface area contributed by atoms with Crippen LogP contribution in [0.2, 0.25) is 0 Å². The Morgan fingerprint density at radius 3 is 2.45 bits per heavy atom. The van der Waals surface area contributed by atoms with Gasteiger partial charge in [0.1, 0.15) is 5.82 Å². The number of hydrogen-bond donors (Lipinski definition) is 1. The topological polar surface area (TPSA) is 64.8 Å². The quantitative estimate of drug-likeness (QED) is 0.902. The van der Waals surface area contributed by atoms with Crippen molar-refractivity contribution in [3.05, 3.63) is 42.1 Å². The van der Waals surface area contributed by atoms with Crippen LogP contribution < -0.4 is 10.2 Å². The summed E-state index contributed by atoms with van der Waals surface area (Å²) in [6.07, 6.45) is 1.74. The van der Waals surface area contributed by atoms with E-state index < -0.39 is 0 Å². The second-order valence-electron chi connectivity index (χ2n) is 4.22. The molecule has 1 aromatic heterocycles. The molecule has 0 saturated heterocycles. The van der Waals surface area contributed by atoms with E-state index >= 15 is 0 Å². The Balaban J connectivity index is 2.16. The molecular formula is C15H17N5. The molecule has 1 N–H and O–H groups in total. The third-order valence-electron chi connectivity index (χ3n) is 3.00. The molecule has 1 heterocycles. The Bertz CT molecular complexity index is 596. The van der Waals surface area contributed by atoms with Crippen LogP contribution in [0.5, 0.6) is 0 Å². The van der Waals surface area contributed by atoms with Crippen molar-refractivity contribution >= 4 is 17.5 Å². The molecule has 0 bridgehead atoms. The van der Waals surface area contributed by atoms with E-state index in [1.807, 2.05) is 18.2 Å². The van der Waals surface area contributed by atoms with E-state index in [1.165, 1.54) is 0 Å². The summed E-state index contributed by atoms with van der Waals surface area (Å²) in [6.45, 7) is 6.01. The molecule has 2 aromatic rings. The Kier molecular flexibility index (Phi) is 4.51. The highest BCUT2D eigenvalue weighted by molar-refractivity contribution is 5.56. The van der Waals surface area contributed by atoms with Crippen LogP contribution in [0.4, 0.5) is 17.5 Å². The van der Waals surface area contributed by atoms with E-state index in [0.29, 0.717) is 11.5 Å². The summed E-state index contributed by atoms with van der Waals surface area (Å²) in [6, 6.07) is 11.2. The summed E-state index contributed by atoms with van der Waals surface area (Å²) in [7, 11) is 0. The van der Waals surface area contributed by atoms with Crippen LogP contribution in [-0.4, -0.2) is 23.1 Å². The molecule has 0 spiro atoms. The van der Waals surface area contributed by atoms with Gasteiger partial charge in [0, 0.05) is 25.0 Å². The van der Waals surface area contributed by atoms with Gasteiger partial charge in [0.2, 0.25) is 5.95 Å². The Labute approximate surface area is 118 Å². The van der Waals surface area contributed by atoms with E-state index in [0.717, 1.165) is 24.6 Å². The molecule has 5 heteroatoms. The Morgan fingerprint density at radius 2 is 1.85 bits per heavy atom. The van der Waals surface area contributed by atoms with Gasteiger partial charge >= 0.3 is 0 Å². The van der Waals surface area contributed by atoms with Crippen molar-refractivity contribution in [2.75, 3.05) is 23.3 Å². The number of anilines is 3. The summed E-state index contributed by atoms with van der Waals surface area (Å²) < 4.78 is 0. The zero-order chi connectivity index (χ0) is 14.4. The lowest BCUT2D eigenvalue weighted by molar-refractivity contribution is 0.843. The molecule has 0 fully saturated rings. The number of nitrogens with one attached hydrogen (secondary N) is 1. The number of aromatic nitrogens is 2. The second kappa shape index (κ2) is 6.53. The minimum Gasteiger partial charge on any atom is -0.357 e. The molecule has 5 nitrogen and oxygen atoms in total. The van der Waals surface area contributed by atoms with Crippen LogP contribution >= 0.6 is 0 Å². The molecule has 20 heavy (non-hydrogen) atoms. The summed E-state index contributed by atoms with van der Waals surface area (Å²) in [4.78, 5) is 10.9. The first kappa shape index (κ1) is 13.8. The van der Waals surface area contributed by atoms with Crippen molar-refractivity contribution in [1.82, 2.24) is 9.97 Å². The second-order valence-corrected chi connectivity index (χ2v) is 4.22. The first-order chi connectivity index (χ1) is 9.76. The largest absolute Gasteiger partial charge is 0.357 e. The fourth-order valence-corrected chi connectivity index (χ4v) is 1.89. The van der Waals surface area contributed by atoms with Crippen molar-refractivity contribution in [3.8, 4) is 6.07 Å². The number of nitrogens with zero attached hydrogens (tertiary/aromatic N) is 4. The lowest BCUT2D eigenvalue weighted by atomic mass is 10.2. The normalized spacial score (nSPS) is 9.85. The van der Waals surface area contributed by atoms with Crippen molar-refractivity contribution in [2.24, 2.45) is 0 Å². The third kappa shape index (κ3) is 3.23. The molecule has 0 atom stereocenters. The van der Waals surface area contributed by atoms with Crippen LogP contribution in [0.15, 0.2) is 36.5 Å². The number of hydrogen-bond acceptors (Lipinski definition) is 5. The van der Waals surface area contributed by atoms with Crippen LogP contribution in [-0.2, 0) is 0 Å². The number of rotatable bonds is 5. The SMILES string of the molecule is CCN(CC)c1ccnc(Nc2ccc(C#N)cc2)n1. The first-order valence-corrected chi connectivity index (χ1v) is 6.62. The predicted octanol–water partition coefficient (Wildman–Crippen LogP) is 2.94. The molecule has 0 unspecified atom stereocenters. The highest BCUT2D eigenvalue weighted by atomic mass is 15.2. The minimum atomic E-state index is 0.555. The van der Waals surface area contributed by atoms with E-state index in [-0.39, 0.29) is 0 Å². The van der Waals surface area contributed by atoms with Gasteiger partial charge in [-0.3, -0.25) is 0 Å². The van der Waals surface area contributed by atoms with E-state index in [9.17, 15) is 0 Å². The Hall–Kier alpha value is -2.61. The molecule has 1 aromatic carbocycles. The van der Waals surface area contributed by atoms with E-state index in [1.54, 1.807) is 18.3 Å². The van der Waals surface area contributed by atoms with Crippen molar-refractivity contribution < 1.29 is 0 Å². The fourth-order valence-electron chi connectivity index (χ4n) is 1.89. The highest BCUT2D eigenvalue weighted by Gasteiger charge is 2.05. The highest BCUT2D eigenvalue weighted by Crippen LogP contribution is 2.16. The van der Waals surface area contributed by atoms with Gasteiger partial charge < -0.3 is 10.2 Å². The number of nitriles is 1. The molecular weight excluding hydrogens is 250 g/mol. The van der Waals surface area contributed by atoms with Crippen molar-refractivity contribution in [2.45, 2.75) is 13.8 Å². The van der Waals surface area contributed by atoms with Crippen LogP contribution in [0.1, 0.15) is 19.4 Å². The van der Waals surface area contributed by atoms with Crippen LogP contribution in [0, 0.1) is 11.3 Å². The maximum absolute atomic E-state index is 8.77. The lowest BCUT2D eigenvalue weighted by Crippen LogP contribution is -2.23. The summed E-state index contributed by atoms with van der Waals surface area (Å²) in [5, 5.41) is 11.9. The maximum atomic E-state index is 8.77. The summed E-state index contributed by atoms with van der Waals surface area (Å²) in [5.74, 6) is 1.46. The molecule has 0 aliphatic carbocycles. The van der Waals surface area contributed by atoms with Gasteiger partial charge in [0.15, 0.2) is 0 Å². The lowest BCUT2D eigenvalue weighted by Gasteiger charge is -2.19. The Morgan fingerprint density at radius 1 is 1.15 bits per heavy atom. The van der Waals surface area contributed by atoms with Gasteiger partial charge in [0.25, 0.3) is 0 Å². The summed E-state index contributed by atoms with van der Waals surface area (Å²) in [5.41, 5.74) is 1.49. The average molecular weight is 267 g/mol. The predicted molar refractivity (Wildman–Crippen MR) is 80.0 cm³/mol. The van der Waals surface area contributed by atoms with Gasteiger partial charge in [-0.15, -0.1) is 0 Å². The van der Waals surface area contributed by atoms with Crippen molar-refractivity contribution in [3.63, 3.8) is 0 Å². The van der Waals surface area contributed by atoms with E-state index in [2.05, 4.69) is 40.1 Å². The zero-order valence-corrected chi connectivity index (χ0v) is 11.7. The number of benzene rings is 1. The monoisotopic (exact) mass is 267 g/mol. The summed E-state index contributed by atoms with van der Waals surface area (Å²) >= 11 is 0. The van der Waals surface area contributed by atoms with Crippen molar-refractivity contribution in [1.29, 1.82) is 5.26 Å². The molecule has 102 valence electrons. The zero-order valence-electron chi connectivity index (χ0n) is 11.7. The molecule has 0 saturated carbocycles. The molecule has 0 aliphatic heterocycles. The van der Waals surface area contributed by atoms with E-state index in [4.69, 9.17) is 5.26 Å². The standard InChI is InChI=1S/C15H17N5/c1-3-20(4-2)14-9-10-17-15(19-14)18-13-7-5-12(11-16)6-8-13/h5-10H,3-4H2,1-2H3,(H,17,18,19). The average Bonchev–Trinajstić information content (AvgIpc) is 2.50. The molecule has 0 aliphatic rings. The maximum Gasteiger partial charge on any atom is 0.229 e. The molecule has 2 rings (SSSR count). The van der Waals surface area contributed by atoms with Gasteiger partial charge in [-0.2, -0.15) is 10.2 Å². The fraction of sp³-hybridized carbons (Fsp3) is 0.267. The van der Waals surface area contributed by atoms with Gasteiger partial charge in [0.05, 0.1) is 11.6 Å².